The van der Waals surface area contributed by atoms with Gasteiger partial charge in [-0.2, -0.15) is 0 Å². The largest absolute Gasteiger partial charge is 0.494 e. The van der Waals surface area contributed by atoms with Crippen molar-refractivity contribution in [3.8, 4) is 5.75 Å². The van der Waals surface area contributed by atoms with Gasteiger partial charge in [-0.1, -0.05) is 18.2 Å². The van der Waals surface area contributed by atoms with Gasteiger partial charge in [0.15, 0.2) is 0 Å². The number of rotatable bonds is 7. The Morgan fingerprint density at radius 2 is 2.04 bits per heavy atom. The van der Waals surface area contributed by atoms with Crippen LogP contribution in [0.3, 0.4) is 0 Å². The van der Waals surface area contributed by atoms with Crippen LogP contribution in [0.1, 0.15) is 32.1 Å². The topological polar surface area (TPSA) is 50.8 Å². The van der Waals surface area contributed by atoms with Crippen LogP contribution < -0.4 is 10.1 Å². The van der Waals surface area contributed by atoms with Gasteiger partial charge in [-0.15, -0.1) is 0 Å². The summed E-state index contributed by atoms with van der Waals surface area (Å²) >= 11 is 0. The van der Waals surface area contributed by atoms with E-state index in [0.29, 0.717) is 31.1 Å². The molecule has 3 aliphatic rings. The maximum Gasteiger partial charge on any atom is 0.220 e. The van der Waals surface area contributed by atoms with Crippen molar-refractivity contribution in [1.82, 2.24) is 10.2 Å². The van der Waals surface area contributed by atoms with Crippen LogP contribution in [0.2, 0.25) is 0 Å². The van der Waals surface area contributed by atoms with Crippen LogP contribution in [-0.4, -0.2) is 55.3 Å². The van der Waals surface area contributed by atoms with E-state index in [4.69, 9.17) is 9.47 Å². The molecule has 1 saturated carbocycles. The Balaban J connectivity index is 1.22. The molecule has 0 aromatic heterocycles. The second-order valence-corrected chi connectivity index (χ2v) is 7.38. The van der Waals surface area contributed by atoms with Crippen molar-refractivity contribution < 1.29 is 14.3 Å². The molecule has 1 aromatic carbocycles. The quantitative estimate of drug-likeness (QED) is 0.771. The van der Waals surface area contributed by atoms with Crippen molar-refractivity contribution in [3.05, 3.63) is 30.3 Å². The van der Waals surface area contributed by atoms with E-state index in [2.05, 4.69) is 10.2 Å². The zero-order valence-corrected chi connectivity index (χ0v) is 14.7. The first-order chi connectivity index (χ1) is 12.3. The van der Waals surface area contributed by atoms with Crippen LogP contribution in [-0.2, 0) is 9.53 Å². The second-order valence-electron chi connectivity index (χ2n) is 7.38. The smallest absolute Gasteiger partial charge is 0.220 e. The number of carbonyl (C=O) groups is 1. The fraction of sp³-hybridized carbons (Fsp3) is 0.650. The zero-order valence-electron chi connectivity index (χ0n) is 14.7. The third-order valence-corrected chi connectivity index (χ3v) is 5.80. The van der Waals surface area contributed by atoms with Crippen LogP contribution >= 0.6 is 0 Å². The van der Waals surface area contributed by atoms with Crippen LogP contribution in [0.15, 0.2) is 30.3 Å². The molecule has 2 heterocycles. The van der Waals surface area contributed by atoms with Gasteiger partial charge in [-0.05, 0) is 50.9 Å². The summed E-state index contributed by atoms with van der Waals surface area (Å²) in [5.41, 5.74) is 0. The maximum absolute atomic E-state index is 12.4. The zero-order chi connectivity index (χ0) is 17.1. The monoisotopic (exact) mass is 344 g/mol. The molecule has 0 bridgehead atoms. The van der Waals surface area contributed by atoms with Crippen LogP contribution in [0, 0.1) is 5.92 Å². The standard InChI is InChI=1S/C20H28N2O3/c23-17(9-6-13-24-15-7-2-1-3-8-15)21-18-16-10-14-25-20(16)19(18)22-11-4-5-12-22/h1-3,7-8,16,18-20H,4-6,9-14H2,(H,21,23). The van der Waals surface area contributed by atoms with E-state index in [1.807, 2.05) is 30.3 Å². The average Bonchev–Trinajstić information content (AvgIpc) is 3.29. The highest BCUT2D eigenvalue weighted by atomic mass is 16.5. The Morgan fingerprint density at radius 1 is 1.24 bits per heavy atom. The van der Waals surface area contributed by atoms with E-state index in [1.54, 1.807) is 0 Å². The van der Waals surface area contributed by atoms with Crippen LogP contribution in [0.4, 0.5) is 0 Å². The molecule has 1 N–H and O–H groups in total. The van der Waals surface area contributed by atoms with Crippen molar-refractivity contribution in [2.75, 3.05) is 26.3 Å². The molecule has 136 valence electrons. The summed E-state index contributed by atoms with van der Waals surface area (Å²) in [6, 6.07) is 10.4. The molecule has 4 rings (SSSR count). The van der Waals surface area contributed by atoms with Crippen LogP contribution in [0.5, 0.6) is 5.75 Å². The van der Waals surface area contributed by atoms with Gasteiger partial charge in [-0.3, -0.25) is 9.69 Å². The number of amides is 1. The number of para-hydroxylation sites is 1. The summed E-state index contributed by atoms with van der Waals surface area (Å²) in [6.45, 7) is 3.72. The minimum Gasteiger partial charge on any atom is -0.494 e. The first kappa shape index (κ1) is 16.9. The van der Waals surface area contributed by atoms with Gasteiger partial charge in [0, 0.05) is 18.9 Å². The number of likely N-dealkylation sites (tertiary alicyclic amines) is 1. The summed E-state index contributed by atoms with van der Waals surface area (Å²) in [6.07, 6.45) is 5.22. The van der Waals surface area contributed by atoms with Gasteiger partial charge in [0.05, 0.1) is 24.8 Å². The first-order valence-electron chi connectivity index (χ1n) is 9.66. The Bertz CT molecular complexity index is 569. The molecule has 4 unspecified atom stereocenters. The SMILES string of the molecule is O=C(CCCOc1ccccc1)NC1C2CCOC2C1N1CCCC1. The van der Waals surface area contributed by atoms with E-state index >= 15 is 0 Å². The third-order valence-electron chi connectivity index (χ3n) is 5.80. The molecule has 5 nitrogen and oxygen atoms in total. The Kier molecular flexibility index (Phi) is 5.22. The lowest BCUT2D eigenvalue weighted by Crippen LogP contribution is -2.70. The Labute approximate surface area is 149 Å². The molecule has 4 atom stereocenters. The molecule has 0 spiro atoms. The lowest BCUT2D eigenvalue weighted by Gasteiger charge is -2.51. The van der Waals surface area contributed by atoms with E-state index in [9.17, 15) is 4.79 Å². The molecule has 2 aliphatic heterocycles. The highest BCUT2D eigenvalue weighted by Gasteiger charge is 2.56. The minimum absolute atomic E-state index is 0.149. The molecule has 0 radical (unpaired) electrons. The normalized spacial score (nSPS) is 31.4. The lowest BCUT2D eigenvalue weighted by atomic mass is 9.70. The summed E-state index contributed by atoms with van der Waals surface area (Å²) in [5.74, 6) is 1.52. The van der Waals surface area contributed by atoms with Crippen molar-refractivity contribution in [2.24, 2.45) is 5.92 Å². The average molecular weight is 344 g/mol. The minimum atomic E-state index is 0.149. The van der Waals surface area contributed by atoms with Gasteiger partial charge in [0.25, 0.3) is 0 Å². The highest BCUT2D eigenvalue weighted by Crippen LogP contribution is 2.42. The molecular formula is C20H28N2O3. The molecule has 1 aliphatic carbocycles. The molecule has 25 heavy (non-hydrogen) atoms. The van der Waals surface area contributed by atoms with Gasteiger partial charge in [0.1, 0.15) is 5.75 Å². The Hall–Kier alpha value is -1.59. The number of nitrogens with zero attached hydrogens (tertiary/aromatic N) is 1. The van der Waals surface area contributed by atoms with Crippen molar-refractivity contribution in [1.29, 1.82) is 0 Å². The summed E-state index contributed by atoms with van der Waals surface area (Å²) in [4.78, 5) is 14.9. The number of carbonyl (C=O) groups excluding carboxylic acids is 1. The van der Waals surface area contributed by atoms with Crippen molar-refractivity contribution in [3.63, 3.8) is 0 Å². The fourth-order valence-corrected chi connectivity index (χ4v) is 4.54. The second kappa shape index (κ2) is 7.75. The predicted molar refractivity (Wildman–Crippen MR) is 95.5 cm³/mol. The summed E-state index contributed by atoms with van der Waals surface area (Å²) < 4.78 is 11.6. The molecule has 5 heteroatoms. The number of fused-ring (bicyclic) bond motifs is 1. The number of hydrogen-bond donors (Lipinski definition) is 1. The van der Waals surface area contributed by atoms with E-state index in [1.165, 1.54) is 12.8 Å². The van der Waals surface area contributed by atoms with Gasteiger partial charge in [0.2, 0.25) is 5.91 Å². The third kappa shape index (κ3) is 3.67. The summed E-state index contributed by atoms with van der Waals surface area (Å²) in [7, 11) is 0. The van der Waals surface area contributed by atoms with Gasteiger partial charge in [-0.25, -0.2) is 0 Å². The van der Waals surface area contributed by atoms with E-state index in [-0.39, 0.29) is 11.9 Å². The summed E-state index contributed by atoms with van der Waals surface area (Å²) in [5, 5.41) is 3.30. The first-order valence-corrected chi connectivity index (χ1v) is 9.66. The van der Waals surface area contributed by atoms with Gasteiger partial charge < -0.3 is 14.8 Å². The predicted octanol–water partition coefficient (Wildman–Crippen LogP) is 2.21. The highest BCUT2D eigenvalue weighted by molar-refractivity contribution is 5.76. The molecule has 1 amide bonds. The molecule has 3 fully saturated rings. The van der Waals surface area contributed by atoms with E-state index in [0.717, 1.165) is 38.3 Å². The molecular weight excluding hydrogens is 316 g/mol. The van der Waals surface area contributed by atoms with Gasteiger partial charge >= 0.3 is 0 Å². The molecule has 2 saturated heterocycles. The van der Waals surface area contributed by atoms with E-state index < -0.39 is 0 Å². The lowest BCUT2D eigenvalue weighted by molar-refractivity contribution is -0.129. The maximum atomic E-state index is 12.4. The number of hydrogen-bond acceptors (Lipinski definition) is 4. The fourth-order valence-electron chi connectivity index (χ4n) is 4.54. The number of nitrogens with one attached hydrogen (secondary N) is 1. The molecule has 1 aromatic rings. The number of benzene rings is 1. The number of ether oxygens (including phenoxy) is 2. The van der Waals surface area contributed by atoms with Crippen LogP contribution in [0.25, 0.3) is 0 Å². The van der Waals surface area contributed by atoms with Crippen molar-refractivity contribution >= 4 is 5.91 Å². The van der Waals surface area contributed by atoms with Crippen molar-refractivity contribution in [2.45, 2.75) is 50.3 Å². The Morgan fingerprint density at radius 3 is 2.84 bits per heavy atom.